The number of ether oxygens (including phenoxy) is 2. The molecule has 30 heavy (non-hydrogen) atoms. The standard InChI is InChI=1S/C19H21ClFN3O4S2/c1-27-15(25)11-28-17(26)12-6-2-3-7-13(12)19(20)10-14(21)16(30-19)23-18(29)24-9-5-4-8-22-24/h2-3,6-7,22H,4-5,8-11H2,1H3,(H,23,29). The van der Waals surface area contributed by atoms with Gasteiger partial charge in [0.15, 0.2) is 11.7 Å². The van der Waals surface area contributed by atoms with Crippen LogP contribution in [0.25, 0.3) is 0 Å². The minimum Gasteiger partial charge on any atom is -0.466 e. The lowest BCUT2D eigenvalue weighted by molar-refractivity contribution is -0.144. The SMILES string of the molecule is COC(=O)COC(=O)c1ccccc1C1(Cl)CC(F)=C(NC(=S)N2CCCCN2)S1. The Labute approximate surface area is 188 Å². The summed E-state index contributed by atoms with van der Waals surface area (Å²) >= 11 is 13.2. The molecule has 162 valence electrons. The largest absolute Gasteiger partial charge is 0.466 e. The molecule has 0 aromatic heterocycles. The van der Waals surface area contributed by atoms with Crippen LogP contribution in [0, 0.1) is 0 Å². The number of rotatable bonds is 5. The lowest BCUT2D eigenvalue weighted by Crippen LogP contribution is -2.50. The number of alkyl halides is 1. The molecule has 0 aliphatic carbocycles. The number of halogens is 2. The van der Waals surface area contributed by atoms with Crippen molar-refractivity contribution in [2.24, 2.45) is 0 Å². The van der Waals surface area contributed by atoms with Gasteiger partial charge in [-0.2, -0.15) is 0 Å². The summed E-state index contributed by atoms with van der Waals surface area (Å²) in [5, 5.41) is 5.26. The van der Waals surface area contributed by atoms with Crippen LogP contribution in [-0.2, 0) is 18.5 Å². The van der Waals surface area contributed by atoms with Crippen LogP contribution in [0.2, 0.25) is 0 Å². The molecule has 1 aromatic rings. The molecule has 11 heteroatoms. The van der Waals surface area contributed by atoms with Gasteiger partial charge in [0.1, 0.15) is 15.1 Å². The molecule has 2 aliphatic heterocycles. The third kappa shape index (κ3) is 5.23. The summed E-state index contributed by atoms with van der Waals surface area (Å²) in [5.41, 5.74) is 3.70. The number of benzene rings is 1. The summed E-state index contributed by atoms with van der Waals surface area (Å²) in [5.74, 6) is -1.88. The average molecular weight is 474 g/mol. The molecule has 0 radical (unpaired) electrons. The molecule has 0 amide bonds. The van der Waals surface area contributed by atoms with E-state index in [4.69, 9.17) is 28.6 Å². The first-order valence-electron chi connectivity index (χ1n) is 9.26. The maximum Gasteiger partial charge on any atom is 0.344 e. The van der Waals surface area contributed by atoms with E-state index in [0.29, 0.717) is 10.7 Å². The fourth-order valence-corrected chi connectivity index (χ4v) is 5.03. The van der Waals surface area contributed by atoms with Gasteiger partial charge in [0.2, 0.25) is 0 Å². The van der Waals surface area contributed by atoms with Crippen LogP contribution < -0.4 is 10.7 Å². The second-order valence-corrected chi connectivity index (χ2v) is 9.20. The van der Waals surface area contributed by atoms with E-state index in [1.165, 1.54) is 13.2 Å². The molecular formula is C19H21ClFN3O4S2. The van der Waals surface area contributed by atoms with Crippen LogP contribution in [0.15, 0.2) is 35.1 Å². The zero-order valence-electron chi connectivity index (χ0n) is 16.2. The van der Waals surface area contributed by atoms with Gasteiger partial charge in [-0.15, -0.1) is 11.6 Å². The van der Waals surface area contributed by atoms with E-state index in [0.717, 1.165) is 37.7 Å². The van der Waals surface area contributed by atoms with Gasteiger partial charge in [-0.3, -0.25) is 5.01 Å². The van der Waals surface area contributed by atoms with Crippen LogP contribution in [-0.4, -0.2) is 48.9 Å². The molecule has 0 bridgehead atoms. The lowest BCUT2D eigenvalue weighted by atomic mass is 10.0. The van der Waals surface area contributed by atoms with E-state index >= 15 is 0 Å². The second kappa shape index (κ2) is 9.95. The summed E-state index contributed by atoms with van der Waals surface area (Å²) in [4.78, 5) is 23.7. The third-order valence-electron chi connectivity index (χ3n) is 4.57. The Bertz CT molecular complexity index is 879. The fourth-order valence-electron chi connectivity index (χ4n) is 3.05. The first-order chi connectivity index (χ1) is 14.3. The number of nitrogens with one attached hydrogen (secondary N) is 2. The summed E-state index contributed by atoms with van der Waals surface area (Å²) in [7, 11) is 1.19. The number of nitrogens with zero attached hydrogens (tertiary/aromatic N) is 1. The Hall–Kier alpha value is -1.88. The molecule has 1 atom stereocenters. The zero-order valence-corrected chi connectivity index (χ0v) is 18.6. The molecule has 1 aromatic carbocycles. The van der Waals surface area contributed by atoms with E-state index in [2.05, 4.69) is 15.5 Å². The third-order valence-corrected chi connectivity index (χ3v) is 6.67. The van der Waals surface area contributed by atoms with Crippen LogP contribution in [0.1, 0.15) is 35.2 Å². The topological polar surface area (TPSA) is 79.9 Å². The predicted molar refractivity (Wildman–Crippen MR) is 116 cm³/mol. The van der Waals surface area contributed by atoms with Crippen LogP contribution in [0.4, 0.5) is 4.39 Å². The van der Waals surface area contributed by atoms with Crippen molar-refractivity contribution in [1.29, 1.82) is 0 Å². The number of thioether (sulfide) groups is 1. The van der Waals surface area contributed by atoms with Gasteiger partial charge >= 0.3 is 11.9 Å². The first kappa shape index (κ1) is 22.8. The molecule has 2 N–H and O–H groups in total. The Morgan fingerprint density at radius 2 is 2.17 bits per heavy atom. The van der Waals surface area contributed by atoms with Gasteiger partial charge < -0.3 is 14.8 Å². The lowest BCUT2D eigenvalue weighted by Gasteiger charge is -2.30. The Balaban J connectivity index is 1.73. The highest BCUT2D eigenvalue weighted by atomic mass is 35.5. The minimum atomic E-state index is -1.27. The number of thiocarbonyl (C=S) groups is 1. The quantitative estimate of drug-likeness (QED) is 0.380. The molecule has 1 saturated heterocycles. The van der Waals surface area contributed by atoms with Gasteiger partial charge in [-0.1, -0.05) is 30.0 Å². The van der Waals surface area contributed by atoms with E-state index in [1.807, 2.05) is 0 Å². The first-order valence-corrected chi connectivity index (χ1v) is 10.9. The van der Waals surface area contributed by atoms with E-state index in [9.17, 15) is 14.0 Å². The van der Waals surface area contributed by atoms with E-state index < -0.39 is 28.6 Å². The molecule has 2 heterocycles. The Morgan fingerprint density at radius 1 is 1.40 bits per heavy atom. The molecule has 0 spiro atoms. The molecule has 3 rings (SSSR count). The fraction of sp³-hybridized carbons (Fsp3) is 0.421. The van der Waals surface area contributed by atoms with Crippen molar-refractivity contribution < 1.29 is 23.5 Å². The Morgan fingerprint density at radius 3 is 2.87 bits per heavy atom. The summed E-state index contributed by atoms with van der Waals surface area (Å²) in [6.45, 7) is 1.01. The monoisotopic (exact) mass is 473 g/mol. The van der Waals surface area contributed by atoms with Crippen molar-refractivity contribution in [2.75, 3.05) is 26.8 Å². The maximum atomic E-state index is 14.8. The summed E-state index contributed by atoms with van der Waals surface area (Å²) in [6.07, 6.45) is 1.90. The van der Waals surface area contributed by atoms with Crippen molar-refractivity contribution in [2.45, 2.75) is 23.5 Å². The van der Waals surface area contributed by atoms with Crippen LogP contribution in [0.5, 0.6) is 0 Å². The second-order valence-electron chi connectivity index (χ2n) is 6.64. The van der Waals surface area contributed by atoms with Gasteiger partial charge in [-0.05, 0) is 36.7 Å². The highest BCUT2D eigenvalue weighted by Crippen LogP contribution is 2.56. The molecule has 7 nitrogen and oxygen atoms in total. The minimum absolute atomic E-state index is 0.140. The zero-order chi connectivity index (χ0) is 21.7. The van der Waals surface area contributed by atoms with Crippen LogP contribution >= 0.6 is 35.6 Å². The number of allylic oxidation sites excluding steroid dienone is 1. The van der Waals surface area contributed by atoms with Gasteiger partial charge in [0.25, 0.3) is 0 Å². The molecule has 0 saturated carbocycles. The number of esters is 2. The number of hydrogen-bond donors (Lipinski definition) is 2. The van der Waals surface area contributed by atoms with Crippen molar-refractivity contribution >= 4 is 52.6 Å². The van der Waals surface area contributed by atoms with E-state index in [1.54, 1.807) is 23.2 Å². The molecule has 1 fully saturated rings. The summed E-state index contributed by atoms with van der Waals surface area (Å²) < 4.78 is 23.0. The maximum absolute atomic E-state index is 14.8. The van der Waals surface area contributed by atoms with E-state index in [-0.39, 0.29) is 17.0 Å². The number of hydrazine groups is 1. The predicted octanol–water partition coefficient (Wildman–Crippen LogP) is 3.16. The van der Waals surface area contributed by atoms with Gasteiger partial charge in [0.05, 0.1) is 12.7 Å². The number of methoxy groups -OCH3 is 1. The molecular weight excluding hydrogens is 453 g/mol. The normalized spacial score (nSPS) is 21.4. The summed E-state index contributed by atoms with van der Waals surface area (Å²) in [6, 6.07) is 6.49. The smallest absolute Gasteiger partial charge is 0.344 e. The number of carbonyl (C=O) groups is 2. The van der Waals surface area contributed by atoms with Gasteiger partial charge in [-0.25, -0.2) is 19.4 Å². The molecule has 2 aliphatic rings. The Kier molecular flexibility index (Phi) is 7.56. The number of hydrogen-bond acceptors (Lipinski definition) is 7. The van der Waals surface area contributed by atoms with Crippen molar-refractivity contribution in [1.82, 2.24) is 15.8 Å². The van der Waals surface area contributed by atoms with Crippen molar-refractivity contribution in [3.8, 4) is 0 Å². The van der Waals surface area contributed by atoms with Crippen LogP contribution in [0.3, 0.4) is 0 Å². The number of carbonyl (C=O) groups excluding carboxylic acids is 2. The highest BCUT2D eigenvalue weighted by Gasteiger charge is 2.43. The highest BCUT2D eigenvalue weighted by molar-refractivity contribution is 8.05. The molecule has 1 unspecified atom stereocenters. The van der Waals surface area contributed by atoms with Crippen molar-refractivity contribution in [3.05, 3.63) is 46.2 Å². The van der Waals surface area contributed by atoms with Crippen molar-refractivity contribution in [3.63, 3.8) is 0 Å². The van der Waals surface area contributed by atoms with Gasteiger partial charge in [0, 0.05) is 19.5 Å². The average Bonchev–Trinajstić information content (AvgIpc) is 3.06.